The summed E-state index contributed by atoms with van der Waals surface area (Å²) < 4.78 is 5.22. The number of hydrogen-bond donors (Lipinski definition) is 1. The zero-order valence-electron chi connectivity index (χ0n) is 11.9. The van der Waals surface area contributed by atoms with Crippen LogP contribution in [0.25, 0.3) is 0 Å². The fourth-order valence-electron chi connectivity index (χ4n) is 2.11. The molecule has 2 aromatic carbocycles. The zero-order valence-corrected chi connectivity index (χ0v) is 12.7. The lowest BCUT2D eigenvalue weighted by Crippen LogP contribution is -2.14. The van der Waals surface area contributed by atoms with Gasteiger partial charge in [0, 0.05) is 25.2 Å². The summed E-state index contributed by atoms with van der Waals surface area (Å²) in [5.74, 6) is 0. The van der Waals surface area contributed by atoms with Crippen molar-refractivity contribution in [2.75, 3.05) is 7.11 Å². The lowest BCUT2D eigenvalue weighted by molar-refractivity contribution is 0.184. The van der Waals surface area contributed by atoms with E-state index in [1.54, 1.807) is 7.11 Å². The van der Waals surface area contributed by atoms with Crippen molar-refractivity contribution < 1.29 is 4.74 Å². The second-order valence-corrected chi connectivity index (χ2v) is 5.30. The molecule has 0 aromatic heterocycles. The van der Waals surface area contributed by atoms with Crippen LogP contribution < -0.4 is 5.32 Å². The molecule has 0 radical (unpaired) electrons. The smallest absolute Gasteiger partial charge is 0.0716 e. The van der Waals surface area contributed by atoms with Gasteiger partial charge in [-0.1, -0.05) is 48.0 Å². The van der Waals surface area contributed by atoms with E-state index in [4.69, 9.17) is 16.3 Å². The van der Waals surface area contributed by atoms with Gasteiger partial charge in [-0.15, -0.1) is 0 Å². The largest absolute Gasteiger partial charge is 0.380 e. The third-order valence-electron chi connectivity index (χ3n) is 3.30. The Morgan fingerprint density at radius 2 is 1.80 bits per heavy atom. The Bertz CT molecular complexity index is 569. The third-order valence-corrected chi connectivity index (χ3v) is 3.71. The minimum absolute atomic E-state index is 0.647. The Morgan fingerprint density at radius 1 is 1.05 bits per heavy atom. The molecule has 0 saturated heterocycles. The number of aryl methyl sites for hydroxylation is 1. The quantitative estimate of drug-likeness (QED) is 0.865. The third kappa shape index (κ3) is 4.07. The van der Waals surface area contributed by atoms with Crippen molar-refractivity contribution in [2.45, 2.75) is 26.6 Å². The van der Waals surface area contributed by atoms with E-state index in [2.05, 4.69) is 35.6 Å². The van der Waals surface area contributed by atoms with Gasteiger partial charge < -0.3 is 10.1 Å². The van der Waals surface area contributed by atoms with Crippen molar-refractivity contribution in [1.29, 1.82) is 0 Å². The molecule has 2 rings (SSSR count). The molecule has 0 unspecified atom stereocenters. The van der Waals surface area contributed by atoms with Crippen LogP contribution in [-0.2, 0) is 24.4 Å². The zero-order chi connectivity index (χ0) is 14.4. The number of ether oxygens (including phenoxy) is 1. The van der Waals surface area contributed by atoms with E-state index in [1.165, 1.54) is 16.7 Å². The molecule has 0 aliphatic rings. The second kappa shape index (κ2) is 7.44. The van der Waals surface area contributed by atoms with Crippen molar-refractivity contribution in [3.8, 4) is 0 Å². The van der Waals surface area contributed by atoms with Crippen LogP contribution in [0, 0.1) is 6.92 Å². The van der Waals surface area contributed by atoms with E-state index in [9.17, 15) is 0 Å². The average molecular weight is 290 g/mol. The van der Waals surface area contributed by atoms with E-state index < -0.39 is 0 Å². The molecule has 0 saturated carbocycles. The first-order valence-electron chi connectivity index (χ1n) is 6.72. The molecule has 0 amide bonds. The van der Waals surface area contributed by atoms with Crippen molar-refractivity contribution in [2.24, 2.45) is 0 Å². The van der Waals surface area contributed by atoms with Gasteiger partial charge in [-0.05, 0) is 35.2 Å². The van der Waals surface area contributed by atoms with Crippen LogP contribution in [0.2, 0.25) is 5.02 Å². The van der Waals surface area contributed by atoms with Crippen molar-refractivity contribution in [3.05, 3.63) is 69.7 Å². The minimum Gasteiger partial charge on any atom is -0.380 e. The van der Waals surface area contributed by atoms with Gasteiger partial charge in [-0.25, -0.2) is 0 Å². The molecule has 2 aromatic rings. The Kier molecular flexibility index (Phi) is 5.60. The molecule has 0 heterocycles. The SMILES string of the molecule is COCc1ccccc1CNCc1ccc(C)c(Cl)c1. The highest BCUT2D eigenvalue weighted by molar-refractivity contribution is 6.31. The summed E-state index contributed by atoms with van der Waals surface area (Å²) in [6, 6.07) is 14.5. The van der Waals surface area contributed by atoms with Gasteiger partial charge in [0.1, 0.15) is 0 Å². The van der Waals surface area contributed by atoms with Gasteiger partial charge in [0.05, 0.1) is 6.61 Å². The monoisotopic (exact) mass is 289 g/mol. The molecule has 2 nitrogen and oxygen atoms in total. The standard InChI is InChI=1S/C17H20ClNO/c1-13-7-8-14(9-17(13)18)10-19-11-15-5-3-4-6-16(15)12-20-2/h3-9,19H,10-12H2,1-2H3. The van der Waals surface area contributed by atoms with Crippen LogP contribution >= 0.6 is 11.6 Å². The second-order valence-electron chi connectivity index (χ2n) is 4.89. The highest BCUT2D eigenvalue weighted by atomic mass is 35.5. The summed E-state index contributed by atoms with van der Waals surface area (Å²) in [6.07, 6.45) is 0. The molecule has 0 aliphatic carbocycles. The van der Waals surface area contributed by atoms with E-state index >= 15 is 0 Å². The summed E-state index contributed by atoms with van der Waals surface area (Å²) >= 11 is 6.13. The Balaban J connectivity index is 1.94. The first-order valence-corrected chi connectivity index (χ1v) is 7.10. The number of benzene rings is 2. The summed E-state index contributed by atoms with van der Waals surface area (Å²) in [4.78, 5) is 0. The Morgan fingerprint density at radius 3 is 2.50 bits per heavy atom. The molecule has 0 spiro atoms. The average Bonchev–Trinajstić information content (AvgIpc) is 2.45. The molecule has 1 N–H and O–H groups in total. The summed E-state index contributed by atoms with van der Waals surface area (Å²) in [5.41, 5.74) is 4.81. The van der Waals surface area contributed by atoms with E-state index in [-0.39, 0.29) is 0 Å². The first kappa shape index (κ1) is 15.0. The van der Waals surface area contributed by atoms with Gasteiger partial charge in [0.2, 0.25) is 0 Å². The molecule has 20 heavy (non-hydrogen) atoms. The van der Waals surface area contributed by atoms with Crippen molar-refractivity contribution >= 4 is 11.6 Å². The number of hydrogen-bond acceptors (Lipinski definition) is 2. The van der Waals surface area contributed by atoms with Crippen LogP contribution in [0.1, 0.15) is 22.3 Å². The van der Waals surface area contributed by atoms with E-state index in [1.807, 2.05) is 19.1 Å². The molecule has 0 aliphatic heterocycles. The maximum atomic E-state index is 6.13. The fourth-order valence-corrected chi connectivity index (χ4v) is 2.32. The number of halogens is 1. The molecular formula is C17H20ClNO. The first-order chi connectivity index (χ1) is 9.70. The Hall–Kier alpha value is -1.35. The van der Waals surface area contributed by atoms with Crippen molar-refractivity contribution in [3.63, 3.8) is 0 Å². The molecule has 0 fully saturated rings. The van der Waals surface area contributed by atoms with Crippen LogP contribution in [0.5, 0.6) is 0 Å². The van der Waals surface area contributed by atoms with E-state index in [0.717, 1.165) is 23.7 Å². The summed E-state index contributed by atoms with van der Waals surface area (Å²) in [6.45, 7) is 4.29. The van der Waals surface area contributed by atoms with Gasteiger partial charge in [-0.3, -0.25) is 0 Å². The van der Waals surface area contributed by atoms with Gasteiger partial charge in [0.15, 0.2) is 0 Å². The maximum Gasteiger partial charge on any atom is 0.0716 e. The number of rotatable bonds is 6. The van der Waals surface area contributed by atoms with Crippen LogP contribution in [0.3, 0.4) is 0 Å². The van der Waals surface area contributed by atoms with Crippen LogP contribution in [0.4, 0.5) is 0 Å². The molecule has 106 valence electrons. The van der Waals surface area contributed by atoms with Crippen LogP contribution in [0.15, 0.2) is 42.5 Å². The highest BCUT2D eigenvalue weighted by Crippen LogP contribution is 2.17. The fraction of sp³-hybridized carbons (Fsp3) is 0.294. The topological polar surface area (TPSA) is 21.3 Å². The predicted octanol–water partition coefficient (Wildman–Crippen LogP) is 4.08. The Labute approximate surface area is 125 Å². The molecule has 0 atom stereocenters. The van der Waals surface area contributed by atoms with Crippen molar-refractivity contribution in [1.82, 2.24) is 5.32 Å². The maximum absolute atomic E-state index is 6.13. The van der Waals surface area contributed by atoms with Gasteiger partial charge in [0.25, 0.3) is 0 Å². The molecular weight excluding hydrogens is 270 g/mol. The van der Waals surface area contributed by atoms with E-state index in [0.29, 0.717) is 6.61 Å². The van der Waals surface area contributed by atoms with Gasteiger partial charge >= 0.3 is 0 Å². The van der Waals surface area contributed by atoms with Crippen LogP contribution in [-0.4, -0.2) is 7.11 Å². The predicted molar refractivity (Wildman–Crippen MR) is 83.9 cm³/mol. The highest BCUT2D eigenvalue weighted by Gasteiger charge is 2.02. The lowest BCUT2D eigenvalue weighted by Gasteiger charge is -2.10. The normalized spacial score (nSPS) is 10.8. The minimum atomic E-state index is 0.647. The molecule has 0 bridgehead atoms. The van der Waals surface area contributed by atoms with Gasteiger partial charge in [-0.2, -0.15) is 0 Å². The molecule has 3 heteroatoms. The summed E-state index contributed by atoms with van der Waals surface area (Å²) in [5, 5.41) is 4.27. The summed E-state index contributed by atoms with van der Waals surface area (Å²) in [7, 11) is 1.72. The number of nitrogens with one attached hydrogen (secondary N) is 1. The lowest BCUT2D eigenvalue weighted by atomic mass is 10.1. The number of methoxy groups -OCH3 is 1.